The number of nitrogens with zero attached hydrogens (tertiary/aromatic N) is 4. The number of benzene rings is 1. The molecule has 2 aliphatic rings. The molecule has 7 heteroatoms. The number of aromatic amines is 1. The van der Waals surface area contributed by atoms with Gasteiger partial charge in [0.2, 0.25) is 0 Å². The van der Waals surface area contributed by atoms with Gasteiger partial charge in [0, 0.05) is 44.1 Å². The molecule has 3 N–H and O–H groups in total. The van der Waals surface area contributed by atoms with E-state index in [0.717, 1.165) is 59.7 Å². The maximum atomic E-state index is 13.5. The van der Waals surface area contributed by atoms with Crippen molar-refractivity contribution in [3.05, 3.63) is 41.7 Å². The van der Waals surface area contributed by atoms with Crippen molar-refractivity contribution in [2.75, 3.05) is 31.1 Å². The molecule has 1 atom stereocenters. The van der Waals surface area contributed by atoms with Crippen LogP contribution in [0.5, 0.6) is 0 Å². The van der Waals surface area contributed by atoms with Gasteiger partial charge in [0.1, 0.15) is 5.82 Å². The molecule has 0 bridgehead atoms. The molecule has 2 fully saturated rings. The number of hydrogen-bond donors (Lipinski definition) is 2. The molecular weight excluding hydrogens is 388 g/mol. The van der Waals surface area contributed by atoms with Crippen molar-refractivity contribution in [3.8, 4) is 11.4 Å². The van der Waals surface area contributed by atoms with Crippen molar-refractivity contribution < 1.29 is 4.79 Å². The maximum absolute atomic E-state index is 13.5. The van der Waals surface area contributed by atoms with Crippen LogP contribution in [0.2, 0.25) is 0 Å². The van der Waals surface area contributed by atoms with Crippen molar-refractivity contribution >= 4 is 22.6 Å². The fraction of sp³-hybridized carbons (Fsp3) is 0.458. The molecule has 0 radical (unpaired) electrons. The Labute approximate surface area is 182 Å². The van der Waals surface area contributed by atoms with E-state index in [1.165, 1.54) is 0 Å². The fourth-order valence-electron chi connectivity index (χ4n) is 4.90. The fourth-order valence-corrected chi connectivity index (χ4v) is 4.90. The predicted molar refractivity (Wildman–Crippen MR) is 123 cm³/mol. The minimum Gasteiger partial charge on any atom is -0.368 e. The lowest BCUT2D eigenvalue weighted by Crippen LogP contribution is -2.55. The van der Waals surface area contributed by atoms with E-state index in [4.69, 9.17) is 10.7 Å². The first-order chi connectivity index (χ1) is 14.6. The third-order valence-electron chi connectivity index (χ3n) is 6.46. The van der Waals surface area contributed by atoms with Gasteiger partial charge >= 0.3 is 0 Å². The first-order valence-electron chi connectivity index (χ1n) is 10.9. The van der Waals surface area contributed by atoms with Gasteiger partial charge in [-0.2, -0.15) is 0 Å². The Morgan fingerprint density at radius 2 is 1.94 bits per heavy atom. The van der Waals surface area contributed by atoms with E-state index in [0.29, 0.717) is 12.1 Å². The molecule has 0 aliphatic carbocycles. The molecule has 4 heterocycles. The van der Waals surface area contributed by atoms with E-state index in [2.05, 4.69) is 48.6 Å². The highest BCUT2D eigenvalue weighted by atomic mass is 16.2. The number of aryl methyl sites for hydroxylation is 1. The van der Waals surface area contributed by atoms with Crippen LogP contribution in [0.15, 0.2) is 30.6 Å². The molecular formula is C24H30N6O. The number of hydrogen-bond acceptors (Lipinski definition) is 5. The van der Waals surface area contributed by atoms with Crippen LogP contribution < -0.4 is 10.6 Å². The van der Waals surface area contributed by atoms with Crippen molar-refractivity contribution in [2.24, 2.45) is 11.1 Å². The summed E-state index contributed by atoms with van der Waals surface area (Å²) in [6, 6.07) is 6.10. The summed E-state index contributed by atoms with van der Waals surface area (Å²) in [4.78, 5) is 30.4. The highest BCUT2D eigenvalue weighted by Crippen LogP contribution is 2.39. The zero-order valence-electron chi connectivity index (χ0n) is 18.7. The number of anilines is 1. The molecule has 3 aromatic rings. The van der Waals surface area contributed by atoms with Gasteiger partial charge in [-0.1, -0.05) is 26.0 Å². The van der Waals surface area contributed by atoms with Crippen LogP contribution >= 0.6 is 0 Å². The van der Waals surface area contributed by atoms with E-state index >= 15 is 0 Å². The Hall–Kier alpha value is -2.93. The maximum Gasteiger partial charge on any atom is 0.257 e. The Morgan fingerprint density at radius 1 is 1.16 bits per heavy atom. The minimum atomic E-state index is -0.288. The normalized spacial score (nSPS) is 22.7. The largest absolute Gasteiger partial charge is 0.368 e. The molecule has 2 saturated heterocycles. The monoisotopic (exact) mass is 418 g/mol. The van der Waals surface area contributed by atoms with Crippen molar-refractivity contribution in [1.29, 1.82) is 0 Å². The Kier molecular flexibility index (Phi) is 4.38. The summed E-state index contributed by atoms with van der Waals surface area (Å²) in [7, 11) is 0. The van der Waals surface area contributed by atoms with Crippen LogP contribution in [-0.2, 0) is 0 Å². The van der Waals surface area contributed by atoms with E-state index in [-0.39, 0.29) is 16.9 Å². The smallest absolute Gasteiger partial charge is 0.257 e. The number of carbonyl (C=O) groups is 1. The number of nitrogens with two attached hydrogens (primary N) is 1. The van der Waals surface area contributed by atoms with E-state index in [1.807, 2.05) is 23.2 Å². The molecule has 1 aromatic carbocycles. The lowest BCUT2D eigenvalue weighted by molar-refractivity contribution is 0.0236. The lowest BCUT2D eigenvalue weighted by Gasteiger charge is -2.46. The molecule has 31 heavy (non-hydrogen) atoms. The Morgan fingerprint density at radius 3 is 2.58 bits per heavy atom. The number of rotatable bonds is 3. The summed E-state index contributed by atoms with van der Waals surface area (Å²) in [5, 5.41) is 0. The van der Waals surface area contributed by atoms with Crippen LogP contribution in [0.4, 0.5) is 5.69 Å². The molecule has 2 aliphatic heterocycles. The highest BCUT2D eigenvalue weighted by molar-refractivity contribution is 6.03. The molecule has 162 valence electrons. The van der Waals surface area contributed by atoms with Crippen molar-refractivity contribution in [3.63, 3.8) is 0 Å². The number of H-pyrrole nitrogens is 1. The van der Waals surface area contributed by atoms with Crippen molar-refractivity contribution in [2.45, 2.75) is 39.7 Å². The second kappa shape index (κ2) is 6.79. The molecule has 0 spiro atoms. The van der Waals surface area contributed by atoms with Crippen LogP contribution in [0.1, 0.15) is 43.1 Å². The van der Waals surface area contributed by atoms with E-state index < -0.39 is 0 Å². The summed E-state index contributed by atoms with van der Waals surface area (Å²) in [6.45, 7) is 11.5. The van der Waals surface area contributed by atoms with Gasteiger partial charge in [0.05, 0.1) is 27.8 Å². The number of fused-ring (bicyclic) bond motifs is 1. The number of amides is 1. The van der Waals surface area contributed by atoms with Crippen LogP contribution in [0, 0.1) is 12.3 Å². The Balaban J connectivity index is 1.64. The molecule has 0 unspecified atom stereocenters. The average molecular weight is 419 g/mol. The number of carbonyl (C=O) groups excluding carboxylic acids is 1. The van der Waals surface area contributed by atoms with Gasteiger partial charge in [-0.3, -0.25) is 9.78 Å². The van der Waals surface area contributed by atoms with Gasteiger partial charge in [-0.25, -0.2) is 4.98 Å². The summed E-state index contributed by atoms with van der Waals surface area (Å²) >= 11 is 0. The standard InChI is InChI=1S/C24H30N6O/c1-15-6-5-7-18-19(15)28-21(27-18)16-10-26-11-17(22(31)30-12-23(2,3)13-30)20(16)29-9-8-24(4,25)14-29/h5-7,10-11H,8-9,12-14,25H2,1-4H3,(H,27,28)/t24-/m0/s1. The van der Waals surface area contributed by atoms with Gasteiger partial charge < -0.3 is 20.5 Å². The summed E-state index contributed by atoms with van der Waals surface area (Å²) in [5.41, 5.74) is 11.7. The summed E-state index contributed by atoms with van der Waals surface area (Å²) < 4.78 is 0. The second-order valence-corrected chi connectivity index (χ2v) is 10.3. The number of nitrogens with one attached hydrogen (secondary N) is 1. The summed E-state index contributed by atoms with van der Waals surface area (Å²) in [5.74, 6) is 0.762. The van der Waals surface area contributed by atoms with Crippen LogP contribution in [-0.4, -0.2) is 57.5 Å². The SMILES string of the molecule is Cc1cccc2[nH]c(-c3cncc(C(=O)N4CC(C)(C)C4)c3N3CC[C@](C)(N)C3)nc12. The average Bonchev–Trinajstić information content (AvgIpc) is 3.29. The first-order valence-corrected chi connectivity index (χ1v) is 10.9. The van der Waals surface area contributed by atoms with Gasteiger partial charge in [0.15, 0.2) is 0 Å². The number of pyridine rings is 1. The molecule has 1 amide bonds. The third kappa shape index (κ3) is 3.47. The van der Waals surface area contributed by atoms with Gasteiger partial charge in [-0.15, -0.1) is 0 Å². The number of para-hydroxylation sites is 1. The number of imidazole rings is 1. The van der Waals surface area contributed by atoms with Crippen molar-refractivity contribution in [1.82, 2.24) is 19.9 Å². The number of aromatic nitrogens is 3. The Bertz CT molecular complexity index is 1170. The lowest BCUT2D eigenvalue weighted by atomic mass is 9.84. The minimum absolute atomic E-state index is 0.0293. The molecule has 5 rings (SSSR count). The quantitative estimate of drug-likeness (QED) is 0.681. The molecule has 7 nitrogen and oxygen atoms in total. The third-order valence-corrected chi connectivity index (χ3v) is 6.46. The molecule has 2 aromatic heterocycles. The second-order valence-electron chi connectivity index (χ2n) is 10.3. The van der Waals surface area contributed by atoms with Crippen LogP contribution in [0.3, 0.4) is 0 Å². The predicted octanol–water partition coefficient (Wildman–Crippen LogP) is 3.34. The summed E-state index contributed by atoms with van der Waals surface area (Å²) in [6.07, 6.45) is 4.39. The topological polar surface area (TPSA) is 91.1 Å². The zero-order chi connectivity index (χ0) is 22.0. The zero-order valence-corrected chi connectivity index (χ0v) is 18.7. The molecule has 0 saturated carbocycles. The van der Waals surface area contributed by atoms with Crippen LogP contribution in [0.25, 0.3) is 22.4 Å². The van der Waals surface area contributed by atoms with Gasteiger partial charge in [0.25, 0.3) is 5.91 Å². The van der Waals surface area contributed by atoms with E-state index in [9.17, 15) is 4.79 Å². The number of likely N-dealkylation sites (tertiary alicyclic amines) is 1. The van der Waals surface area contributed by atoms with Gasteiger partial charge in [-0.05, 0) is 37.3 Å². The first kappa shape index (κ1) is 20.0. The van der Waals surface area contributed by atoms with E-state index in [1.54, 1.807) is 6.20 Å². The highest BCUT2D eigenvalue weighted by Gasteiger charge is 2.40.